The smallest absolute Gasteiger partial charge is 0.413 e. The number of hydrogen-bond donors (Lipinski definition) is 1. The first-order chi connectivity index (χ1) is 11.8. The number of hydrogen-bond acceptors (Lipinski definition) is 4. The maximum absolute atomic E-state index is 12.8. The van der Waals surface area contributed by atoms with Crippen molar-refractivity contribution in [2.45, 2.75) is 57.9 Å². The van der Waals surface area contributed by atoms with Gasteiger partial charge in [0, 0.05) is 6.42 Å². The molecule has 0 radical (unpaired) electrons. The van der Waals surface area contributed by atoms with Crippen LogP contribution in [0, 0.1) is 5.41 Å². The van der Waals surface area contributed by atoms with Gasteiger partial charge < -0.3 is 14.6 Å². The maximum Gasteiger partial charge on any atom is 0.413 e. The molecule has 0 aromatic heterocycles. The minimum Gasteiger partial charge on any atom is -0.480 e. The van der Waals surface area contributed by atoms with Crippen molar-refractivity contribution in [1.82, 2.24) is 4.90 Å². The van der Waals surface area contributed by atoms with E-state index in [4.69, 9.17) is 9.47 Å². The van der Waals surface area contributed by atoms with Crippen LogP contribution in [-0.2, 0) is 20.9 Å². The van der Waals surface area contributed by atoms with Crippen molar-refractivity contribution in [3.05, 3.63) is 35.9 Å². The molecule has 1 aliphatic carbocycles. The molecule has 3 rings (SSSR count). The largest absolute Gasteiger partial charge is 0.480 e. The van der Waals surface area contributed by atoms with Crippen molar-refractivity contribution >= 4 is 12.1 Å². The van der Waals surface area contributed by atoms with Gasteiger partial charge in [0.05, 0.1) is 6.61 Å². The van der Waals surface area contributed by atoms with Crippen LogP contribution < -0.4 is 0 Å². The number of ether oxygens (including phenoxy) is 2. The molecule has 136 valence electrons. The van der Waals surface area contributed by atoms with Crippen molar-refractivity contribution in [1.29, 1.82) is 0 Å². The fourth-order valence-electron chi connectivity index (χ4n) is 4.02. The summed E-state index contributed by atoms with van der Waals surface area (Å²) in [6.45, 7) is 4.37. The lowest BCUT2D eigenvalue weighted by atomic mass is 9.72. The van der Waals surface area contributed by atoms with E-state index in [1.807, 2.05) is 30.3 Å². The van der Waals surface area contributed by atoms with Crippen LogP contribution in [0.25, 0.3) is 0 Å². The molecule has 1 spiro atoms. The number of nitrogens with zero attached hydrogens (tertiary/aromatic N) is 1. The molecule has 1 amide bonds. The summed E-state index contributed by atoms with van der Waals surface area (Å²) in [7, 11) is 0. The average Bonchev–Trinajstić information content (AvgIpc) is 2.91. The van der Waals surface area contributed by atoms with Gasteiger partial charge in [-0.05, 0) is 30.2 Å². The second-order valence-corrected chi connectivity index (χ2v) is 7.72. The zero-order valence-electron chi connectivity index (χ0n) is 14.7. The summed E-state index contributed by atoms with van der Waals surface area (Å²) in [4.78, 5) is 25.8. The van der Waals surface area contributed by atoms with Crippen LogP contribution in [0.5, 0.6) is 0 Å². The number of amides is 1. The Morgan fingerprint density at radius 2 is 2.00 bits per heavy atom. The molecular formula is C19H25NO5. The van der Waals surface area contributed by atoms with Gasteiger partial charge in [-0.25, -0.2) is 9.59 Å². The fraction of sp³-hybridized carbons (Fsp3) is 0.579. The molecule has 1 aliphatic heterocycles. The van der Waals surface area contributed by atoms with E-state index in [0.717, 1.165) is 18.4 Å². The Morgan fingerprint density at radius 3 is 2.64 bits per heavy atom. The van der Waals surface area contributed by atoms with Crippen molar-refractivity contribution in [2.75, 3.05) is 6.61 Å². The third-order valence-electron chi connectivity index (χ3n) is 5.12. The maximum atomic E-state index is 12.8. The van der Waals surface area contributed by atoms with Crippen LogP contribution in [-0.4, -0.2) is 40.4 Å². The molecule has 1 N–H and O–H groups in total. The molecule has 1 saturated carbocycles. The van der Waals surface area contributed by atoms with Crippen molar-refractivity contribution in [3.8, 4) is 0 Å². The molecule has 25 heavy (non-hydrogen) atoms. The van der Waals surface area contributed by atoms with Gasteiger partial charge in [0.1, 0.15) is 12.3 Å². The van der Waals surface area contributed by atoms with Crippen LogP contribution in [0.4, 0.5) is 4.79 Å². The lowest BCUT2D eigenvalue weighted by Crippen LogP contribution is -2.56. The number of aliphatic carboxylic acids is 1. The highest BCUT2D eigenvalue weighted by molar-refractivity contribution is 5.81. The van der Waals surface area contributed by atoms with E-state index in [9.17, 15) is 14.7 Å². The lowest BCUT2D eigenvalue weighted by molar-refractivity contribution is -0.147. The molecule has 6 nitrogen and oxygen atoms in total. The highest BCUT2D eigenvalue weighted by atomic mass is 16.6. The fourth-order valence-corrected chi connectivity index (χ4v) is 4.02. The minimum atomic E-state index is -1.06. The third-order valence-corrected chi connectivity index (χ3v) is 5.12. The summed E-state index contributed by atoms with van der Waals surface area (Å²) >= 11 is 0. The number of carbonyl (C=O) groups excluding carboxylic acids is 1. The van der Waals surface area contributed by atoms with E-state index in [-0.39, 0.29) is 18.6 Å². The van der Waals surface area contributed by atoms with E-state index < -0.39 is 23.8 Å². The van der Waals surface area contributed by atoms with Crippen LogP contribution in [0.2, 0.25) is 0 Å². The molecule has 1 heterocycles. The van der Waals surface area contributed by atoms with Crippen molar-refractivity contribution in [2.24, 2.45) is 5.41 Å². The summed E-state index contributed by atoms with van der Waals surface area (Å²) in [6.07, 6.45) is 2.56. The number of benzene rings is 1. The highest BCUT2D eigenvalue weighted by Gasteiger charge is 2.56. The van der Waals surface area contributed by atoms with Gasteiger partial charge in [-0.1, -0.05) is 44.2 Å². The monoisotopic (exact) mass is 347 g/mol. The highest BCUT2D eigenvalue weighted by Crippen LogP contribution is 2.48. The molecule has 0 bridgehead atoms. The molecule has 2 fully saturated rings. The summed E-state index contributed by atoms with van der Waals surface area (Å²) in [5, 5.41) is 9.53. The van der Waals surface area contributed by atoms with Gasteiger partial charge in [-0.15, -0.1) is 0 Å². The predicted octanol–water partition coefficient (Wildman–Crippen LogP) is 3.41. The zero-order valence-corrected chi connectivity index (χ0v) is 14.7. The number of carbonyl (C=O) groups is 2. The molecule has 2 aliphatic rings. The molecule has 2 unspecified atom stereocenters. The first-order valence-corrected chi connectivity index (χ1v) is 8.70. The molecule has 1 aromatic carbocycles. The molecule has 1 saturated heterocycles. The summed E-state index contributed by atoms with van der Waals surface area (Å²) in [5.41, 5.74) is -0.0248. The Bertz CT molecular complexity index is 644. The number of carboxylic acid groups (broad SMARTS) is 1. The Labute approximate surface area is 147 Å². The number of rotatable bonds is 3. The topological polar surface area (TPSA) is 76.1 Å². The van der Waals surface area contributed by atoms with Crippen molar-refractivity contribution in [3.63, 3.8) is 0 Å². The first-order valence-electron chi connectivity index (χ1n) is 8.70. The van der Waals surface area contributed by atoms with E-state index in [2.05, 4.69) is 13.8 Å². The van der Waals surface area contributed by atoms with Crippen LogP contribution in [0.3, 0.4) is 0 Å². The summed E-state index contributed by atoms with van der Waals surface area (Å²) in [5.74, 6) is -1.06. The average molecular weight is 347 g/mol. The van der Waals surface area contributed by atoms with E-state index in [0.29, 0.717) is 12.8 Å². The normalized spacial score (nSPS) is 28.1. The minimum absolute atomic E-state index is 0.00580. The van der Waals surface area contributed by atoms with E-state index >= 15 is 0 Å². The zero-order chi connectivity index (χ0) is 18.1. The predicted molar refractivity (Wildman–Crippen MR) is 90.8 cm³/mol. The second-order valence-electron chi connectivity index (χ2n) is 7.72. The Morgan fingerprint density at radius 1 is 1.28 bits per heavy atom. The molecule has 6 heteroatoms. The Balaban J connectivity index is 1.80. The van der Waals surface area contributed by atoms with Gasteiger partial charge in [0.25, 0.3) is 0 Å². The van der Waals surface area contributed by atoms with Gasteiger partial charge >= 0.3 is 12.1 Å². The van der Waals surface area contributed by atoms with Crippen LogP contribution >= 0.6 is 0 Å². The number of carboxylic acids is 1. The van der Waals surface area contributed by atoms with Crippen LogP contribution in [0.1, 0.15) is 45.1 Å². The molecule has 2 atom stereocenters. The Kier molecular flexibility index (Phi) is 4.73. The summed E-state index contributed by atoms with van der Waals surface area (Å²) < 4.78 is 11.4. The second kappa shape index (κ2) is 6.67. The van der Waals surface area contributed by atoms with Gasteiger partial charge in [-0.2, -0.15) is 0 Å². The molecule has 1 aromatic rings. The van der Waals surface area contributed by atoms with Crippen molar-refractivity contribution < 1.29 is 24.2 Å². The SMILES string of the molecule is CC1(C)CCCC2(C1)OCC(C(=O)O)N2C(=O)OCc1ccccc1. The van der Waals surface area contributed by atoms with E-state index in [1.165, 1.54) is 4.90 Å². The Hall–Kier alpha value is -2.08. The van der Waals surface area contributed by atoms with Crippen LogP contribution in [0.15, 0.2) is 30.3 Å². The summed E-state index contributed by atoms with van der Waals surface area (Å²) in [6, 6.07) is 8.35. The first kappa shape index (κ1) is 17.7. The van der Waals surface area contributed by atoms with Gasteiger partial charge in [-0.3, -0.25) is 4.90 Å². The van der Waals surface area contributed by atoms with Gasteiger partial charge in [0.2, 0.25) is 0 Å². The standard InChI is InChI=1S/C19H25NO5/c1-18(2)9-6-10-19(13-18)20(15(12-25-19)16(21)22)17(23)24-11-14-7-4-3-5-8-14/h3-5,7-8,15H,6,9-13H2,1-2H3,(H,21,22). The third kappa shape index (κ3) is 3.63. The lowest BCUT2D eigenvalue weighted by Gasteiger charge is -2.46. The van der Waals surface area contributed by atoms with Gasteiger partial charge in [0.15, 0.2) is 6.04 Å². The quantitative estimate of drug-likeness (QED) is 0.907. The van der Waals surface area contributed by atoms with E-state index in [1.54, 1.807) is 0 Å². The molecular weight excluding hydrogens is 322 g/mol.